The summed E-state index contributed by atoms with van der Waals surface area (Å²) in [5.74, 6) is -0.0434. The minimum atomic E-state index is -0.209. The van der Waals surface area contributed by atoms with Crippen molar-refractivity contribution >= 4 is 11.6 Å². The number of aromatic hydroxyl groups is 1. The number of amides is 1. The molecule has 1 aromatic carbocycles. The SMILES string of the molecule is Cc1n[nH]c(C)c1C(=O)Nc1ccc(O)cc1. The van der Waals surface area contributed by atoms with Gasteiger partial charge in [0.25, 0.3) is 5.91 Å². The fourth-order valence-electron chi connectivity index (χ4n) is 1.62. The molecule has 1 amide bonds. The van der Waals surface area contributed by atoms with Crippen molar-refractivity contribution in [2.45, 2.75) is 13.8 Å². The molecule has 5 nitrogen and oxygen atoms in total. The van der Waals surface area contributed by atoms with Crippen LogP contribution in [0.25, 0.3) is 0 Å². The summed E-state index contributed by atoms with van der Waals surface area (Å²) in [7, 11) is 0. The molecule has 0 saturated carbocycles. The Hall–Kier alpha value is -2.30. The fraction of sp³-hybridized carbons (Fsp3) is 0.167. The van der Waals surface area contributed by atoms with Crippen LogP contribution in [0.1, 0.15) is 21.7 Å². The van der Waals surface area contributed by atoms with Crippen LogP contribution in [0.3, 0.4) is 0 Å². The monoisotopic (exact) mass is 231 g/mol. The van der Waals surface area contributed by atoms with Crippen LogP contribution in [0, 0.1) is 13.8 Å². The number of benzene rings is 1. The molecule has 0 fully saturated rings. The second-order valence-corrected chi connectivity index (χ2v) is 3.81. The Morgan fingerprint density at radius 3 is 2.47 bits per heavy atom. The molecule has 0 spiro atoms. The van der Waals surface area contributed by atoms with E-state index in [0.29, 0.717) is 16.9 Å². The van der Waals surface area contributed by atoms with Gasteiger partial charge in [0.05, 0.1) is 11.3 Å². The molecule has 17 heavy (non-hydrogen) atoms. The maximum atomic E-state index is 12.0. The van der Waals surface area contributed by atoms with E-state index >= 15 is 0 Å². The van der Waals surface area contributed by atoms with E-state index in [1.165, 1.54) is 12.1 Å². The predicted octanol–water partition coefficient (Wildman–Crippen LogP) is 1.98. The highest BCUT2D eigenvalue weighted by Gasteiger charge is 2.15. The summed E-state index contributed by atoms with van der Waals surface area (Å²) >= 11 is 0. The van der Waals surface area contributed by atoms with E-state index < -0.39 is 0 Å². The number of anilines is 1. The predicted molar refractivity (Wildman–Crippen MR) is 64.1 cm³/mol. The van der Waals surface area contributed by atoms with Crippen molar-refractivity contribution in [3.8, 4) is 5.75 Å². The highest BCUT2D eigenvalue weighted by molar-refractivity contribution is 6.05. The molecule has 2 rings (SSSR count). The zero-order valence-corrected chi connectivity index (χ0v) is 9.61. The first-order chi connectivity index (χ1) is 8.08. The molecule has 1 heterocycles. The molecule has 0 bridgehead atoms. The summed E-state index contributed by atoms with van der Waals surface area (Å²) in [6.45, 7) is 3.57. The summed E-state index contributed by atoms with van der Waals surface area (Å²) in [4.78, 5) is 12.0. The molecule has 0 radical (unpaired) electrons. The van der Waals surface area contributed by atoms with Crippen LogP contribution in [0.2, 0.25) is 0 Å². The minimum absolute atomic E-state index is 0.165. The summed E-state index contributed by atoms with van der Waals surface area (Å²) in [5.41, 5.74) is 2.59. The van der Waals surface area contributed by atoms with Gasteiger partial charge in [-0.1, -0.05) is 0 Å². The van der Waals surface area contributed by atoms with E-state index in [-0.39, 0.29) is 11.7 Å². The molecule has 5 heteroatoms. The number of nitrogens with zero attached hydrogens (tertiary/aromatic N) is 1. The van der Waals surface area contributed by atoms with E-state index in [9.17, 15) is 4.79 Å². The molecular weight excluding hydrogens is 218 g/mol. The fourth-order valence-corrected chi connectivity index (χ4v) is 1.62. The number of carbonyl (C=O) groups is 1. The molecule has 0 saturated heterocycles. The van der Waals surface area contributed by atoms with Crippen LogP contribution in [0.4, 0.5) is 5.69 Å². The molecule has 0 atom stereocenters. The van der Waals surface area contributed by atoms with Gasteiger partial charge in [-0.2, -0.15) is 5.10 Å². The summed E-state index contributed by atoms with van der Waals surface area (Å²) < 4.78 is 0. The first-order valence-corrected chi connectivity index (χ1v) is 5.20. The molecule has 0 aliphatic heterocycles. The number of phenolic OH excluding ortho intramolecular Hbond substituents is 1. The number of nitrogens with one attached hydrogen (secondary N) is 2. The zero-order valence-electron chi connectivity index (χ0n) is 9.61. The molecule has 3 N–H and O–H groups in total. The van der Waals surface area contributed by atoms with Crippen molar-refractivity contribution in [3.63, 3.8) is 0 Å². The maximum Gasteiger partial charge on any atom is 0.259 e. The third kappa shape index (κ3) is 2.28. The lowest BCUT2D eigenvalue weighted by atomic mass is 10.2. The van der Waals surface area contributed by atoms with Gasteiger partial charge >= 0.3 is 0 Å². The lowest BCUT2D eigenvalue weighted by molar-refractivity contribution is 0.102. The molecule has 0 aliphatic carbocycles. The van der Waals surface area contributed by atoms with Crippen molar-refractivity contribution in [1.82, 2.24) is 10.2 Å². The number of hydrogen-bond donors (Lipinski definition) is 3. The lowest BCUT2D eigenvalue weighted by Gasteiger charge is -2.05. The van der Waals surface area contributed by atoms with Gasteiger partial charge in [-0.05, 0) is 38.1 Å². The molecule has 88 valence electrons. The summed E-state index contributed by atoms with van der Waals surface area (Å²) in [6, 6.07) is 6.31. The van der Waals surface area contributed by atoms with Gasteiger partial charge in [0.15, 0.2) is 0 Å². The van der Waals surface area contributed by atoms with Gasteiger partial charge in [-0.15, -0.1) is 0 Å². The Morgan fingerprint density at radius 1 is 1.29 bits per heavy atom. The number of aryl methyl sites for hydroxylation is 2. The van der Waals surface area contributed by atoms with Gasteiger partial charge in [0.2, 0.25) is 0 Å². The number of hydrogen-bond acceptors (Lipinski definition) is 3. The zero-order chi connectivity index (χ0) is 12.4. The van der Waals surface area contributed by atoms with Crippen LogP contribution in [-0.2, 0) is 0 Å². The Morgan fingerprint density at radius 2 is 1.94 bits per heavy atom. The quantitative estimate of drug-likeness (QED) is 0.691. The minimum Gasteiger partial charge on any atom is -0.508 e. The number of H-pyrrole nitrogens is 1. The van der Waals surface area contributed by atoms with E-state index in [4.69, 9.17) is 5.11 Å². The first-order valence-electron chi connectivity index (χ1n) is 5.20. The normalized spacial score (nSPS) is 10.2. The Bertz CT molecular complexity index is 524. The topological polar surface area (TPSA) is 78.0 Å². The van der Waals surface area contributed by atoms with E-state index in [1.807, 2.05) is 0 Å². The van der Waals surface area contributed by atoms with E-state index in [1.54, 1.807) is 26.0 Å². The largest absolute Gasteiger partial charge is 0.508 e. The number of phenols is 1. The average molecular weight is 231 g/mol. The van der Waals surface area contributed by atoms with Crippen molar-refractivity contribution in [1.29, 1.82) is 0 Å². The number of aromatic nitrogens is 2. The van der Waals surface area contributed by atoms with Crippen molar-refractivity contribution < 1.29 is 9.90 Å². The highest BCUT2D eigenvalue weighted by Crippen LogP contribution is 2.16. The molecular formula is C12H13N3O2. The maximum absolute atomic E-state index is 12.0. The standard InChI is InChI=1S/C12H13N3O2/c1-7-11(8(2)15-14-7)12(17)13-9-3-5-10(16)6-4-9/h3-6,16H,1-2H3,(H,13,17)(H,14,15). The third-order valence-electron chi connectivity index (χ3n) is 2.48. The average Bonchev–Trinajstić information content (AvgIpc) is 2.62. The molecule has 0 aliphatic rings. The number of rotatable bonds is 2. The summed E-state index contributed by atoms with van der Waals surface area (Å²) in [6.07, 6.45) is 0. The van der Waals surface area contributed by atoms with Gasteiger partial charge in [0, 0.05) is 11.4 Å². The Balaban J connectivity index is 2.20. The Labute approximate surface area is 98.5 Å². The van der Waals surface area contributed by atoms with Crippen LogP contribution >= 0.6 is 0 Å². The van der Waals surface area contributed by atoms with Crippen molar-refractivity contribution in [3.05, 3.63) is 41.2 Å². The van der Waals surface area contributed by atoms with Crippen molar-refractivity contribution in [2.24, 2.45) is 0 Å². The summed E-state index contributed by atoms with van der Waals surface area (Å²) in [5, 5.41) is 18.6. The smallest absolute Gasteiger partial charge is 0.259 e. The lowest BCUT2D eigenvalue weighted by Crippen LogP contribution is -2.13. The number of carbonyl (C=O) groups excluding carboxylic acids is 1. The van der Waals surface area contributed by atoms with E-state index in [0.717, 1.165) is 5.69 Å². The Kier molecular flexibility index (Phi) is 2.82. The van der Waals surface area contributed by atoms with E-state index in [2.05, 4.69) is 15.5 Å². The van der Waals surface area contributed by atoms with Crippen LogP contribution in [0.15, 0.2) is 24.3 Å². The van der Waals surface area contributed by atoms with Crippen LogP contribution < -0.4 is 5.32 Å². The molecule has 1 aromatic heterocycles. The molecule has 2 aromatic rings. The van der Waals surface area contributed by atoms with Crippen LogP contribution in [-0.4, -0.2) is 21.2 Å². The van der Waals surface area contributed by atoms with Gasteiger partial charge in [0.1, 0.15) is 5.75 Å². The van der Waals surface area contributed by atoms with Crippen LogP contribution in [0.5, 0.6) is 5.75 Å². The highest BCUT2D eigenvalue weighted by atomic mass is 16.3. The second-order valence-electron chi connectivity index (χ2n) is 3.81. The van der Waals surface area contributed by atoms with Gasteiger partial charge < -0.3 is 10.4 Å². The van der Waals surface area contributed by atoms with Gasteiger partial charge in [-0.25, -0.2) is 0 Å². The van der Waals surface area contributed by atoms with Gasteiger partial charge in [-0.3, -0.25) is 9.89 Å². The third-order valence-corrected chi connectivity index (χ3v) is 2.48. The molecule has 0 unspecified atom stereocenters. The van der Waals surface area contributed by atoms with Crippen molar-refractivity contribution in [2.75, 3.05) is 5.32 Å². The first kappa shape index (κ1) is 11.2. The second kappa shape index (κ2) is 4.29. The number of aromatic amines is 1.